The summed E-state index contributed by atoms with van der Waals surface area (Å²) in [5.41, 5.74) is 7.03. The summed E-state index contributed by atoms with van der Waals surface area (Å²) < 4.78 is 12.0. The van der Waals surface area contributed by atoms with E-state index in [0.717, 1.165) is 5.56 Å². The largest absolute Gasteiger partial charge is 0.403 e. The van der Waals surface area contributed by atoms with Gasteiger partial charge in [0.15, 0.2) is 0 Å². The highest BCUT2D eigenvalue weighted by Gasteiger charge is 2.43. The monoisotopic (exact) mass is 1280 g/mol. The van der Waals surface area contributed by atoms with Gasteiger partial charge in [-0.15, -0.1) is 0 Å². The number of amides is 12. The summed E-state index contributed by atoms with van der Waals surface area (Å²) in [6.07, 6.45) is 2.30. The lowest BCUT2D eigenvalue weighted by Crippen LogP contribution is -2.55. The van der Waals surface area contributed by atoms with Crippen LogP contribution in [0, 0.1) is 23.7 Å². The predicted octanol–water partition coefficient (Wildman–Crippen LogP) is 2.22. The van der Waals surface area contributed by atoms with Gasteiger partial charge in [0, 0.05) is 84.4 Å². The van der Waals surface area contributed by atoms with Gasteiger partial charge in [-0.1, -0.05) is 96.7 Å². The maximum atomic E-state index is 14.4. The summed E-state index contributed by atoms with van der Waals surface area (Å²) in [7, 11) is 10.0. The number of urea groups is 1. The molecule has 4 rings (SSSR count). The SMILES string of the molecule is CC[B]NC(=O)C1CCN(C(=O)CCC(=O)NCC(=O)NC(CCCNC(N)=O)C(=O)Nc2ccc(CNC(=O)C(Cc3ccccc3)NC(=O)C(C)C(OC)C3CCCN3C(=O)C[C@@H](OC)C(C(C)CC)N(C)C(=O)CNC(=O)C(C(C)C)N(C)C)cc2)C(C)C1. The number of carbonyl (C=O) groups excluding carboxylic acids is 11. The molecule has 92 heavy (non-hydrogen) atoms. The van der Waals surface area contributed by atoms with E-state index in [-0.39, 0.29) is 111 Å². The van der Waals surface area contributed by atoms with E-state index < -0.39 is 90.4 Å². The van der Waals surface area contributed by atoms with E-state index in [2.05, 4.69) is 42.4 Å². The molecule has 12 amide bonds. The standard InChI is InChI=1S/C65H103BN13O13/c1-13-41(5)58(77(10)56(84)39-71-64(89)57(40(3)4)76(8)9)51(91-11)36-55(83)79-32-19-23-50(79)59(92-12)43(7)60(85)74-49(35-44-20-16-15-17-21-44)62(87)70-37-45-24-26-47(27-25-45)72-63(88)48(22-18-31-68-65(67)90)73-53(81)38-69-52(80)28-29-54(82)78-33-30-46(34-42(78)6)61(86)75-66-14-2/h15-17,20-21,24-27,40-43,46,48-51,57-59H,13-14,18-19,22-23,28-39H2,1-12H3,(H,69,80)(H,70,87)(H,71,89)(H,72,88)(H,73,81)(H,74,85)(H,75,86)(H3,67,68,90)/t41?,42?,43?,46?,48?,49?,50?,51-,57?,58?,59?/m1/s1. The number of primary amides is 1. The zero-order valence-electron chi connectivity index (χ0n) is 56.1. The third-order valence-corrected chi connectivity index (χ3v) is 17.4. The molecule has 2 fully saturated rings. The molecular formula is C65H103BN13O13. The van der Waals surface area contributed by atoms with Crippen LogP contribution < -0.4 is 48.2 Å². The molecule has 509 valence electrons. The molecule has 2 aromatic rings. The molecule has 2 aromatic carbocycles. The van der Waals surface area contributed by atoms with Crippen LogP contribution in [0.4, 0.5) is 10.5 Å². The van der Waals surface area contributed by atoms with Gasteiger partial charge in [-0.3, -0.25) is 52.8 Å². The summed E-state index contributed by atoms with van der Waals surface area (Å²) in [5, 5.41) is 21.9. The van der Waals surface area contributed by atoms with Crippen molar-refractivity contribution >= 4 is 78.2 Å². The highest BCUT2D eigenvalue weighted by molar-refractivity contribution is 6.36. The van der Waals surface area contributed by atoms with Crippen LogP contribution in [-0.4, -0.2) is 209 Å². The second-order valence-corrected chi connectivity index (χ2v) is 24.8. The van der Waals surface area contributed by atoms with E-state index >= 15 is 0 Å². The number of methoxy groups -OCH3 is 2. The van der Waals surface area contributed by atoms with Crippen LogP contribution in [0.3, 0.4) is 0 Å². The van der Waals surface area contributed by atoms with Crippen LogP contribution in [0.1, 0.15) is 124 Å². The fourth-order valence-corrected chi connectivity index (χ4v) is 12.2. The summed E-state index contributed by atoms with van der Waals surface area (Å²) in [6.45, 7) is 13.6. The average Bonchev–Trinajstić information content (AvgIpc) is 1.58. The van der Waals surface area contributed by atoms with Crippen molar-refractivity contribution in [3.63, 3.8) is 0 Å². The number of likely N-dealkylation sites (N-methyl/N-ethyl adjacent to an activating group) is 2. The summed E-state index contributed by atoms with van der Waals surface area (Å²) in [4.78, 5) is 153. The number of anilines is 1. The van der Waals surface area contributed by atoms with Gasteiger partial charge < -0.3 is 72.4 Å². The number of likely N-dealkylation sites (tertiary alicyclic amines) is 2. The number of carbonyl (C=O) groups is 11. The van der Waals surface area contributed by atoms with Crippen molar-refractivity contribution in [1.29, 1.82) is 0 Å². The Morgan fingerprint density at radius 2 is 1.41 bits per heavy atom. The lowest BCUT2D eigenvalue weighted by atomic mass is 9.85. The number of ether oxygens (including phenoxy) is 2. The maximum Gasteiger partial charge on any atom is 0.312 e. The van der Waals surface area contributed by atoms with E-state index in [4.69, 9.17) is 15.2 Å². The topological polar surface area (TPSA) is 341 Å². The Labute approximate surface area is 544 Å². The number of nitrogens with zero attached hydrogens (tertiary/aromatic N) is 4. The number of hydrogen-bond acceptors (Lipinski definition) is 14. The number of nitrogens with two attached hydrogens (primary N) is 1. The minimum absolute atomic E-state index is 0.0146. The van der Waals surface area contributed by atoms with E-state index in [1.54, 1.807) is 60.4 Å². The molecule has 2 saturated heterocycles. The van der Waals surface area contributed by atoms with Crippen LogP contribution in [-0.2, 0) is 70.4 Å². The second-order valence-electron chi connectivity index (χ2n) is 24.8. The first-order chi connectivity index (χ1) is 43.7. The Bertz CT molecular complexity index is 2750. The van der Waals surface area contributed by atoms with Gasteiger partial charge in [0.1, 0.15) is 12.1 Å². The minimum atomic E-state index is -1.10. The molecule has 27 heteroatoms. The van der Waals surface area contributed by atoms with Gasteiger partial charge in [-0.05, 0) is 94.6 Å². The zero-order valence-corrected chi connectivity index (χ0v) is 56.1. The van der Waals surface area contributed by atoms with Crippen molar-refractivity contribution < 1.29 is 62.2 Å². The van der Waals surface area contributed by atoms with Gasteiger partial charge in [0.05, 0.1) is 55.8 Å². The lowest BCUT2D eigenvalue weighted by Gasteiger charge is -2.39. The van der Waals surface area contributed by atoms with Crippen molar-refractivity contribution in [2.75, 3.05) is 73.4 Å². The maximum absolute atomic E-state index is 14.4. The number of piperidine rings is 1. The lowest BCUT2D eigenvalue weighted by molar-refractivity contribution is -0.146. The molecule has 0 aliphatic carbocycles. The summed E-state index contributed by atoms with van der Waals surface area (Å²) in [5.74, 6) is -4.95. The van der Waals surface area contributed by atoms with E-state index in [1.165, 1.54) is 14.2 Å². The van der Waals surface area contributed by atoms with Crippen LogP contribution in [0.2, 0.25) is 6.32 Å². The van der Waals surface area contributed by atoms with Gasteiger partial charge in [-0.25, -0.2) is 4.79 Å². The number of hydrogen-bond donors (Lipinski definition) is 9. The van der Waals surface area contributed by atoms with Gasteiger partial charge in [-0.2, -0.15) is 0 Å². The fourth-order valence-electron chi connectivity index (χ4n) is 12.2. The van der Waals surface area contributed by atoms with Crippen molar-refractivity contribution in [3.05, 3.63) is 65.7 Å². The highest BCUT2D eigenvalue weighted by atomic mass is 16.5. The average molecular weight is 1290 g/mol. The molecule has 0 bridgehead atoms. The Balaban J connectivity index is 1.36. The number of rotatable bonds is 37. The summed E-state index contributed by atoms with van der Waals surface area (Å²) in [6, 6.07) is 11.3. The normalized spacial score (nSPS) is 18.1. The van der Waals surface area contributed by atoms with Gasteiger partial charge in [0.25, 0.3) is 0 Å². The fraction of sp³-hybridized carbons (Fsp3) is 0.646. The van der Waals surface area contributed by atoms with Crippen molar-refractivity contribution in [2.24, 2.45) is 29.4 Å². The minimum Gasteiger partial charge on any atom is -0.403 e. The Hall–Kier alpha value is -7.65. The van der Waals surface area contributed by atoms with E-state index in [1.807, 2.05) is 90.9 Å². The van der Waals surface area contributed by atoms with Crippen molar-refractivity contribution in [3.8, 4) is 0 Å². The van der Waals surface area contributed by atoms with Gasteiger partial charge in [0.2, 0.25) is 66.5 Å². The van der Waals surface area contributed by atoms with Crippen LogP contribution in [0.5, 0.6) is 0 Å². The highest BCUT2D eigenvalue weighted by Crippen LogP contribution is 2.30. The molecule has 26 nitrogen and oxygen atoms in total. The third kappa shape index (κ3) is 24.1. The van der Waals surface area contributed by atoms with Crippen LogP contribution >= 0.6 is 0 Å². The molecule has 10 N–H and O–H groups in total. The van der Waals surface area contributed by atoms with Crippen LogP contribution in [0.25, 0.3) is 0 Å². The molecule has 10 unspecified atom stereocenters. The molecule has 0 saturated carbocycles. The zero-order chi connectivity index (χ0) is 68.2. The quantitative estimate of drug-likeness (QED) is 0.0346. The molecular weight excluding hydrogens is 1180 g/mol. The van der Waals surface area contributed by atoms with Crippen LogP contribution in [0.15, 0.2) is 54.6 Å². The summed E-state index contributed by atoms with van der Waals surface area (Å²) >= 11 is 0. The number of nitrogens with one attached hydrogen (secondary N) is 8. The predicted molar refractivity (Wildman–Crippen MR) is 350 cm³/mol. The smallest absolute Gasteiger partial charge is 0.312 e. The Morgan fingerprint density at radius 1 is 0.717 bits per heavy atom. The Kier molecular flexibility index (Phi) is 32.6. The first-order valence-corrected chi connectivity index (χ1v) is 32.3. The van der Waals surface area contributed by atoms with E-state index in [9.17, 15) is 52.7 Å². The molecule has 11 atom stereocenters. The Morgan fingerprint density at radius 3 is 2.02 bits per heavy atom. The molecule has 0 spiro atoms. The molecule has 2 aliphatic heterocycles. The van der Waals surface area contributed by atoms with E-state index in [0.29, 0.717) is 62.8 Å². The third-order valence-electron chi connectivity index (χ3n) is 17.4. The molecule has 1 radical (unpaired) electrons. The first-order valence-electron chi connectivity index (χ1n) is 32.3. The molecule has 0 aromatic heterocycles. The number of benzene rings is 2. The van der Waals surface area contributed by atoms with Gasteiger partial charge >= 0.3 is 6.03 Å². The van der Waals surface area contributed by atoms with Crippen molar-refractivity contribution in [1.82, 2.24) is 56.7 Å². The first kappa shape index (κ1) is 76.8. The second kappa shape index (κ2) is 39.0. The molecule has 2 heterocycles. The van der Waals surface area contributed by atoms with Crippen molar-refractivity contribution in [2.45, 2.75) is 180 Å². The molecule has 2 aliphatic rings.